The van der Waals surface area contributed by atoms with Gasteiger partial charge >= 0.3 is 29.6 Å². The van der Waals surface area contributed by atoms with E-state index in [1.807, 2.05) is 0 Å². The Hall–Kier alpha value is -0.190. The zero-order valence-corrected chi connectivity index (χ0v) is 15.0. The minimum atomic E-state index is -1.79. The van der Waals surface area contributed by atoms with Crippen molar-refractivity contribution in [3.63, 3.8) is 0 Å². The van der Waals surface area contributed by atoms with Crippen LogP contribution in [0.3, 0.4) is 0 Å². The molecule has 0 fully saturated rings. The summed E-state index contributed by atoms with van der Waals surface area (Å²) in [4.78, 5) is -0.578. The molecule has 1 aliphatic rings. The normalized spacial score (nSPS) is 24.3. The molecule has 5 N–H and O–H groups in total. The van der Waals surface area contributed by atoms with E-state index in [0.717, 1.165) is 11.1 Å². The molecular weight excluding hydrogens is 305 g/mol. The maximum atomic E-state index is 11.1. The van der Waals surface area contributed by atoms with Gasteiger partial charge in [-0.15, -0.1) is 0 Å². The van der Waals surface area contributed by atoms with E-state index in [1.54, 1.807) is 13.8 Å². The van der Waals surface area contributed by atoms with Crippen molar-refractivity contribution in [1.29, 1.82) is 0 Å². The standard InChI is InChI=1S/C13H22NO7.Na/c1-6-3-8(9(14(20)21)4-7(6)2)11(17)13(19)12(18)10(16)5-15;/h8,10-13,15-19H,3-5H2,1-2H3;/q-1;+1/t8?,10-,11-,12-,13-;/m1./s1. The Kier molecular flexibility index (Phi) is 9.11. The predicted octanol–water partition coefficient (Wildman–Crippen LogP) is -4.38. The third-order valence-electron chi connectivity index (χ3n) is 4.06. The van der Waals surface area contributed by atoms with E-state index in [0.29, 0.717) is 0 Å². The van der Waals surface area contributed by atoms with Crippen molar-refractivity contribution >= 4 is 5.71 Å². The Bertz CT molecular complexity index is 436. The number of hydrogen-bond donors (Lipinski definition) is 5. The van der Waals surface area contributed by atoms with Gasteiger partial charge in [0.25, 0.3) is 0 Å². The SMILES string of the molecule is CC1=C(C)CC([C@@H](O)[C@@H](O)[C@H](O)[C@H](O)CO)C(=[N+]([O-])[O-])C1.[Na+]. The summed E-state index contributed by atoms with van der Waals surface area (Å²) in [6.07, 6.45) is -6.53. The van der Waals surface area contributed by atoms with Crippen LogP contribution < -0.4 is 29.6 Å². The quantitative estimate of drug-likeness (QED) is 0.148. The van der Waals surface area contributed by atoms with Crippen LogP contribution >= 0.6 is 0 Å². The average Bonchev–Trinajstić information content (AvgIpc) is 2.46. The fourth-order valence-corrected chi connectivity index (χ4v) is 2.47. The molecule has 0 aliphatic heterocycles. The molecule has 0 aromatic carbocycles. The van der Waals surface area contributed by atoms with Gasteiger partial charge in [0.05, 0.1) is 25.0 Å². The van der Waals surface area contributed by atoms with E-state index in [-0.39, 0.29) is 48.1 Å². The molecule has 0 aromatic heterocycles. The molecule has 0 radical (unpaired) electrons. The van der Waals surface area contributed by atoms with Crippen LogP contribution in [0.25, 0.3) is 0 Å². The van der Waals surface area contributed by atoms with Gasteiger partial charge in [0, 0.05) is 0 Å². The Morgan fingerprint density at radius 3 is 2.09 bits per heavy atom. The van der Waals surface area contributed by atoms with Gasteiger partial charge in [0.15, 0.2) is 5.71 Å². The summed E-state index contributed by atoms with van der Waals surface area (Å²) in [5, 5.41) is 69.9. The molecule has 9 heteroatoms. The Balaban J connectivity index is 0.00000441. The third kappa shape index (κ3) is 4.90. The van der Waals surface area contributed by atoms with E-state index >= 15 is 0 Å². The first-order valence-corrected chi connectivity index (χ1v) is 6.69. The zero-order valence-electron chi connectivity index (χ0n) is 13.0. The summed E-state index contributed by atoms with van der Waals surface area (Å²) in [7, 11) is 0. The van der Waals surface area contributed by atoms with Crippen LogP contribution in [0.4, 0.5) is 0 Å². The van der Waals surface area contributed by atoms with Gasteiger partial charge < -0.3 is 35.9 Å². The van der Waals surface area contributed by atoms with Gasteiger partial charge in [-0.2, -0.15) is 4.90 Å². The van der Waals surface area contributed by atoms with E-state index in [9.17, 15) is 30.8 Å². The number of nitrogens with zero attached hydrogens (tertiary/aromatic N) is 1. The topological polar surface area (TPSA) is 150 Å². The summed E-state index contributed by atoms with van der Waals surface area (Å²) in [5.74, 6) is -0.945. The van der Waals surface area contributed by atoms with Gasteiger partial charge in [0.1, 0.15) is 18.3 Å². The largest absolute Gasteiger partial charge is 1.00 e. The molecule has 122 valence electrons. The van der Waals surface area contributed by atoms with Crippen LogP contribution in [-0.2, 0) is 0 Å². The molecule has 1 aliphatic carbocycles. The van der Waals surface area contributed by atoms with E-state index < -0.39 is 41.8 Å². The van der Waals surface area contributed by atoms with E-state index in [2.05, 4.69) is 0 Å². The van der Waals surface area contributed by atoms with Crippen molar-refractivity contribution in [3.8, 4) is 0 Å². The predicted molar refractivity (Wildman–Crippen MR) is 74.2 cm³/mol. The molecule has 0 saturated heterocycles. The second-order valence-corrected chi connectivity index (χ2v) is 5.52. The van der Waals surface area contributed by atoms with Gasteiger partial charge in [-0.05, 0) is 20.3 Å². The van der Waals surface area contributed by atoms with Crippen molar-refractivity contribution in [1.82, 2.24) is 0 Å². The Morgan fingerprint density at radius 2 is 1.64 bits per heavy atom. The summed E-state index contributed by atoms with van der Waals surface area (Å²) in [6.45, 7) is 2.76. The van der Waals surface area contributed by atoms with Gasteiger partial charge in [-0.25, -0.2) is 0 Å². The van der Waals surface area contributed by atoms with Crippen molar-refractivity contribution in [2.45, 2.75) is 51.1 Å². The molecular formula is C13H22NNaO7. The molecule has 8 nitrogen and oxygen atoms in total. The number of aliphatic hydroxyl groups is 5. The molecule has 0 heterocycles. The molecule has 0 amide bonds. The summed E-state index contributed by atoms with van der Waals surface area (Å²) >= 11 is 0. The fourth-order valence-electron chi connectivity index (χ4n) is 2.47. The van der Waals surface area contributed by atoms with Gasteiger partial charge in [-0.1, -0.05) is 11.1 Å². The van der Waals surface area contributed by atoms with Crippen LogP contribution in [0.2, 0.25) is 0 Å². The van der Waals surface area contributed by atoms with Crippen molar-refractivity contribution in [3.05, 3.63) is 21.6 Å². The summed E-state index contributed by atoms with van der Waals surface area (Å²) < 4.78 is 0. The number of hydrogen-bond acceptors (Lipinski definition) is 7. The van der Waals surface area contributed by atoms with E-state index in [1.165, 1.54) is 0 Å². The van der Waals surface area contributed by atoms with Crippen LogP contribution in [0, 0.1) is 16.3 Å². The van der Waals surface area contributed by atoms with Crippen molar-refractivity contribution < 1.29 is 60.0 Å². The molecule has 0 saturated carbocycles. The number of rotatable bonds is 5. The molecule has 5 atom stereocenters. The molecule has 0 bridgehead atoms. The van der Waals surface area contributed by atoms with Crippen LogP contribution in [0.15, 0.2) is 11.1 Å². The average molecular weight is 327 g/mol. The van der Waals surface area contributed by atoms with E-state index in [4.69, 9.17) is 5.11 Å². The number of allylic oxidation sites excluding steroid dienone is 2. The Labute approximate surface area is 150 Å². The van der Waals surface area contributed by atoms with Crippen molar-refractivity contribution in [2.24, 2.45) is 5.92 Å². The first kappa shape index (κ1) is 21.8. The molecule has 0 spiro atoms. The second-order valence-electron chi connectivity index (χ2n) is 5.52. The third-order valence-corrected chi connectivity index (χ3v) is 4.06. The zero-order chi connectivity index (χ0) is 16.3. The summed E-state index contributed by atoms with van der Waals surface area (Å²) in [6, 6.07) is 0. The minimum absolute atomic E-state index is 0. The molecule has 0 aromatic rings. The molecule has 1 rings (SSSR count). The van der Waals surface area contributed by atoms with Crippen LogP contribution in [0.5, 0.6) is 0 Å². The first-order chi connectivity index (χ1) is 9.70. The van der Waals surface area contributed by atoms with Crippen molar-refractivity contribution in [2.75, 3.05) is 6.61 Å². The maximum Gasteiger partial charge on any atom is 1.00 e. The molecule has 1 unspecified atom stereocenters. The second kappa shape index (κ2) is 9.19. The Morgan fingerprint density at radius 1 is 1.09 bits per heavy atom. The number of aliphatic hydroxyl groups excluding tert-OH is 5. The van der Waals surface area contributed by atoms with Gasteiger partial charge in [0.2, 0.25) is 0 Å². The van der Waals surface area contributed by atoms with Crippen LogP contribution in [-0.4, -0.2) is 67.2 Å². The maximum absolute atomic E-state index is 11.1. The minimum Gasteiger partial charge on any atom is -0.612 e. The smallest absolute Gasteiger partial charge is 0.612 e. The first-order valence-electron chi connectivity index (χ1n) is 6.69. The summed E-state index contributed by atoms with van der Waals surface area (Å²) in [5.41, 5.74) is 1.60. The van der Waals surface area contributed by atoms with Crippen LogP contribution in [0.1, 0.15) is 26.7 Å². The monoisotopic (exact) mass is 327 g/mol. The molecule has 22 heavy (non-hydrogen) atoms. The van der Waals surface area contributed by atoms with Gasteiger partial charge in [-0.3, -0.25) is 0 Å². The fraction of sp³-hybridized carbons (Fsp3) is 0.769.